The minimum atomic E-state index is 0.280. The van der Waals surface area contributed by atoms with Crippen molar-refractivity contribution in [2.75, 3.05) is 12.1 Å². The Bertz CT molecular complexity index is 816. The minimum Gasteiger partial charge on any atom is -0.454 e. The maximum absolute atomic E-state index is 5.44. The van der Waals surface area contributed by atoms with Crippen LogP contribution in [-0.4, -0.2) is 16.8 Å². The molecule has 3 aromatic rings. The highest BCUT2D eigenvalue weighted by Gasteiger charge is 2.15. The first-order chi connectivity index (χ1) is 10.3. The van der Waals surface area contributed by atoms with E-state index >= 15 is 0 Å². The van der Waals surface area contributed by atoms with Crippen LogP contribution in [0, 0.1) is 6.92 Å². The summed E-state index contributed by atoms with van der Waals surface area (Å²) in [6, 6.07) is 5.94. The molecule has 3 heterocycles. The number of fused-ring (bicyclic) bond motifs is 2. The van der Waals surface area contributed by atoms with Crippen molar-refractivity contribution in [3.63, 3.8) is 0 Å². The molecule has 0 bridgehead atoms. The van der Waals surface area contributed by atoms with Crippen molar-refractivity contribution in [1.29, 1.82) is 0 Å². The Morgan fingerprint density at radius 2 is 2.10 bits per heavy atom. The molecule has 0 saturated carbocycles. The molecule has 4 rings (SSSR count). The molecule has 5 nitrogen and oxygen atoms in total. The summed E-state index contributed by atoms with van der Waals surface area (Å²) < 4.78 is 10.9. The van der Waals surface area contributed by atoms with Gasteiger partial charge >= 0.3 is 0 Å². The molecular formula is C15H13N3O2S. The summed E-state index contributed by atoms with van der Waals surface area (Å²) in [6.07, 6.45) is 3.69. The predicted molar refractivity (Wildman–Crippen MR) is 82.0 cm³/mol. The molecule has 0 spiro atoms. The third-order valence-electron chi connectivity index (χ3n) is 3.36. The number of thiazole rings is 1. The van der Waals surface area contributed by atoms with E-state index < -0.39 is 0 Å². The van der Waals surface area contributed by atoms with Crippen LogP contribution >= 0.6 is 11.3 Å². The smallest absolute Gasteiger partial charge is 0.231 e. The van der Waals surface area contributed by atoms with E-state index in [0.29, 0.717) is 6.54 Å². The molecule has 0 aliphatic carbocycles. The number of pyridine rings is 1. The first-order valence-corrected chi connectivity index (χ1v) is 7.45. The van der Waals surface area contributed by atoms with Crippen molar-refractivity contribution >= 4 is 27.9 Å². The average Bonchev–Trinajstić information content (AvgIpc) is 3.11. The molecule has 1 aromatic carbocycles. The van der Waals surface area contributed by atoms with Gasteiger partial charge in [0, 0.05) is 22.7 Å². The van der Waals surface area contributed by atoms with Gasteiger partial charge < -0.3 is 14.8 Å². The summed E-state index contributed by atoms with van der Waals surface area (Å²) in [7, 11) is 0. The quantitative estimate of drug-likeness (QED) is 0.804. The highest BCUT2D eigenvalue weighted by molar-refractivity contribution is 7.11. The Morgan fingerprint density at radius 1 is 1.24 bits per heavy atom. The van der Waals surface area contributed by atoms with Gasteiger partial charge in [-0.3, -0.25) is 0 Å². The fraction of sp³-hybridized carbons (Fsp3) is 0.200. The van der Waals surface area contributed by atoms with Crippen LogP contribution in [0.4, 0.5) is 5.82 Å². The van der Waals surface area contributed by atoms with Gasteiger partial charge in [-0.15, -0.1) is 11.3 Å². The zero-order chi connectivity index (χ0) is 14.2. The van der Waals surface area contributed by atoms with Crippen molar-refractivity contribution in [1.82, 2.24) is 9.97 Å². The molecule has 0 atom stereocenters. The number of aromatic nitrogens is 2. The molecule has 21 heavy (non-hydrogen) atoms. The number of aryl methyl sites for hydroxylation is 1. The molecule has 0 unspecified atom stereocenters. The van der Waals surface area contributed by atoms with E-state index in [-0.39, 0.29) is 6.79 Å². The van der Waals surface area contributed by atoms with Crippen molar-refractivity contribution in [3.8, 4) is 11.5 Å². The van der Waals surface area contributed by atoms with E-state index in [1.54, 1.807) is 17.5 Å². The van der Waals surface area contributed by atoms with Gasteiger partial charge in [0.15, 0.2) is 11.5 Å². The number of nitrogens with one attached hydrogen (secondary N) is 1. The lowest BCUT2D eigenvalue weighted by Crippen LogP contribution is -2.00. The van der Waals surface area contributed by atoms with Crippen LogP contribution in [0.25, 0.3) is 10.8 Å². The van der Waals surface area contributed by atoms with Gasteiger partial charge in [-0.1, -0.05) is 0 Å². The Labute approximate surface area is 125 Å². The van der Waals surface area contributed by atoms with Crippen molar-refractivity contribution in [3.05, 3.63) is 40.5 Å². The van der Waals surface area contributed by atoms with E-state index in [1.807, 2.05) is 31.3 Å². The normalized spacial score (nSPS) is 12.8. The maximum Gasteiger partial charge on any atom is 0.231 e. The Hall–Kier alpha value is -2.34. The largest absolute Gasteiger partial charge is 0.454 e. The zero-order valence-electron chi connectivity index (χ0n) is 11.4. The number of nitrogens with zero attached hydrogens (tertiary/aromatic N) is 2. The summed E-state index contributed by atoms with van der Waals surface area (Å²) in [5.41, 5.74) is 0. The topological polar surface area (TPSA) is 56.3 Å². The maximum atomic E-state index is 5.44. The number of benzene rings is 1. The highest BCUT2D eigenvalue weighted by Crippen LogP contribution is 2.37. The van der Waals surface area contributed by atoms with Gasteiger partial charge in [0.1, 0.15) is 5.82 Å². The molecule has 0 radical (unpaired) electrons. The van der Waals surface area contributed by atoms with Gasteiger partial charge in [-0.05, 0) is 30.5 Å². The van der Waals surface area contributed by atoms with Crippen molar-refractivity contribution in [2.45, 2.75) is 13.5 Å². The SMILES string of the molecule is Cc1ncc(CNc2nccc3cc4c(cc23)OCO4)s1. The first-order valence-electron chi connectivity index (χ1n) is 6.63. The molecule has 1 aliphatic rings. The fourth-order valence-corrected chi connectivity index (χ4v) is 3.10. The molecule has 106 valence electrons. The number of hydrogen-bond acceptors (Lipinski definition) is 6. The van der Waals surface area contributed by atoms with Crippen LogP contribution in [0.2, 0.25) is 0 Å². The highest BCUT2D eigenvalue weighted by atomic mass is 32.1. The van der Waals surface area contributed by atoms with Crippen LogP contribution in [0.15, 0.2) is 30.6 Å². The van der Waals surface area contributed by atoms with Crippen LogP contribution in [-0.2, 0) is 6.54 Å². The van der Waals surface area contributed by atoms with Crippen LogP contribution in [0.1, 0.15) is 9.88 Å². The summed E-state index contributed by atoms with van der Waals surface area (Å²) in [5, 5.41) is 6.55. The summed E-state index contributed by atoms with van der Waals surface area (Å²) in [4.78, 5) is 9.88. The molecule has 6 heteroatoms. The van der Waals surface area contributed by atoms with Gasteiger partial charge in [0.25, 0.3) is 0 Å². The number of ether oxygens (including phenoxy) is 2. The zero-order valence-corrected chi connectivity index (χ0v) is 12.2. The average molecular weight is 299 g/mol. The standard InChI is InChI=1S/C15H13N3O2S/c1-9-17-6-11(21-9)7-18-15-12-5-14-13(19-8-20-14)4-10(12)2-3-16-15/h2-6H,7-8H2,1H3,(H,16,18). The van der Waals surface area contributed by atoms with Crippen LogP contribution in [0.5, 0.6) is 11.5 Å². The molecule has 1 N–H and O–H groups in total. The van der Waals surface area contributed by atoms with Gasteiger partial charge in [0.05, 0.1) is 11.6 Å². The minimum absolute atomic E-state index is 0.280. The molecule has 2 aromatic heterocycles. The second kappa shape index (κ2) is 4.89. The lowest BCUT2D eigenvalue weighted by Gasteiger charge is -2.08. The van der Waals surface area contributed by atoms with Gasteiger partial charge in [0.2, 0.25) is 6.79 Å². The summed E-state index contributed by atoms with van der Waals surface area (Å²) in [6.45, 7) is 3.00. The Kier molecular flexibility index (Phi) is 2.89. The second-order valence-electron chi connectivity index (χ2n) is 4.79. The number of rotatable bonds is 3. The predicted octanol–water partition coefficient (Wildman–Crippen LogP) is 3.34. The van der Waals surface area contributed by atoms with E-state index in [4.69, 9.17) is 9.47 Å². The van der Waals surface area contributed by atoms with Crippen molar-refractivity contribution < 1.29 is 9.47 Å². The number of anilines is 1. The van der Waals surface area contributed by atoms with Gasteiger partial charge in [-0.2, -0.15) is 0 Å². The Balaban J connectivity index is 1.68. The second-order valence-corrected chi connectivity index (χ2v) is 6.10. The van der Waals surface area contributed by atoms with E-state index in [2.05, 4.69) is 15.3 Å². The monoisotopic (exact) mass is 299 g/mol. The molecule has 0 fully saturated rings. The molecule has 1 aliphatic heterocycles. The molecular weight excluding hydrogens is 286 g/mol. The van der Waals surface area contributed by atoms with Crippen LogP contribution in [0.3, 0.4) is 0 Å². The van der Waals surface area contributed by atoms with E-state index in [1.165, 1.54) is 4.88 Å². The lowest BCUT2D eigenvalue weighted by atomic mass is 10.1. The third-order valence-corrected chi connectivity index (χ3v) is 4.27. The van der Waals surface area contributed by atoms with E-state index in [0.717, 1.165) is 33.1 Å². The number of hydrogen-bond donors (Lipinski definition) is 1. The van der Waals surface area contributed by atoms with E-state index in [9.17, 15) is 0 Å². The molecule has 0 amide bonds. The van der Waals surface area contributed by atoms with Crippen LogP contribution < -0.4 is 14.8 Å². The third kappa shape index (κ3) is 2.27. The first kappa shape index (κ1) is 12.4. The van der Waals surface area contributed by atoms with Crippen molar-refractivity contribution in [2.24, 2.45) is 0 Å². The summed E-state index contributed by atoms with van der Waals surface area (Å²) >= 11 is 1.69. The lowest BCUT2D eigenvalue weighted by molar-refractivity contribution is 0.174. The molecule has 0 saturated heterocycles. The Morgan fingerprint density at radius 3 is 2.90 bits per heavy atom. The van der Waals surface area contributed by atoms with Gasteiger partial charge in [-0.25, -0.2) is 9.97 Å². The summed E-state index contributed by atoms with van der Waals surface area (Å²) in [5.74, 6) is 2.40. The fourth-order valence-electron chi connectivity index (χ4n) is 2.36.